The maximum atomic E-state index is 12.0. The van der Waals surface area contributed by atoms with Crippen molar-refractivity contribution in [2.75, 3.05) is 32.7 Å². The van der Waals surface area contributed by atoms with Crippen LogP contribution in [0.3, 0.4) is 0 Å². The average Bonchev–Trinajstić information content (AvgIpc) is 2.63. The molecule has 0 amide bonds. The van der Waals surface area contributed by atoms with E-state index in [0.717, 1.165) is 26.2 Å². The van der Waals surface area contributed by atoms with Crippen LogP contribution in [-0.4, -0.2) is 51.1 Å². The van der Waals surface area contributed by atoms with E-state index in [-0.39, 0.29) is 10.6 Å². The summed E-state index contributed by atoms with van der Waals surface area (Å²) in [5.41, 5.74) is 1.16. The van der Waals surface area contributed by atoms with Crippen molar-refractivity contribution in [1.82, 2.24) is 10.2 Å². The maximum Gasteiger partial charge on any atom is 0.200 e. The Morgan fingerprint density at radius 3 is 2.74 bits per heavy atom. The van der Waals surface area contributed by atoms with Gasteiger partial charge in [-0.2, -0.15) is 0 Å². The Bertz CT molecular complexity index is 631. The molecule has 1 fully saturated rings. The third-order valence-corrected chi connectivity index (χ3v) is 5.08. The van der Waals surface area contributed by atoms with Crippen LogP contribution in [0.2, 0.25) is 0 Å². The van der Waals surface area contributed by atoms with Crippen LogP contribution in [-0.2, 0) is 9.84 Å². The summed E-state index contributed by atoms with van der Waals surface area (Å²) >= 11 is 0. The number of nitrogens with one attached hydrogen (secondary N) is 1. The molecule has 2 heterocycles. The highest BCUT2D eigenvalue weighted by Gasteiger charge is 2.30. The molecule has 0 radical (unpaired) electrons. The highest BCUT2D eigenvalue weighted by atomic mass is 32.2. The Morgan fingerprint density at radius 1 is 1.26 bits per heavy atom. The lowest BCUT2D eigenvalue weighted by Crippen LogP contribution is -2.43. The quantitative estimate of drug-likeness (QED) is 0.822. The Hall–Kier alpha value is -1.37. The number of benzene rings is 1. The molecule has 1 aromatic carbocycles. The van der Waals surface area contributed by atoms with Gasteiger partial charge in [0.15, 0.2) is 0 Å². The van der Waals surface area contributed by atoms with E-state index in [2.05, 4.69) is 10.2 Å². The molecular formula is C13H16N2O3S. The van der Waals surface area contributed by atoms with E-state index in [1.165, 1.54) is 11.5 Å². The lowest BCUT2D eigenvalue weighted by atomic mass is 10.1. The minimum absolute atomic E-state index is 0.0416. The van der Waals surface area contributed by atoms with Gasteiger partial charge in [0, 0.05) is 43.7 Å². The van der Waals surface area contributed by atoms with Gasteiger partial charge in [-0.05, 0) is 17.7 Å². The summed E-state index contributed by atoms with van der Waals surface area (Å²) in [5.74, 6) is 0.0416. The first-order valence-electron chi connectivity index (χ1n) is 6.29. The zero-order valence-corrected chi connectivity index (χ0v) is 11.3. The first-order chi connectivity index (χ1) is 9.08. The second-order valence-electron chi connectivity index (χ2n) is 4.86. The molecule has 2 aliphatic rings. The summed E-state index contributed by atoms with van der Waals surface area (Å²) in [6, 6.07) is 4.64. The lowest BCUT2D eigenvalue weighted by molar-refractivity contribution is 0.268. The van der Waals surface area contributed by atoms with E-state index in [1.807, 2.05) is 0 Å². The number of sulfone groups is 1. The van der Waals surface area contributed by atoms with E-state index < -0.39 is 9.84 Å². The number of rotatable bonds is 2. The van der Waals surface area contributed by atoms with Crippen molar-refractivity contribution in [2.24, 2.45) is 0 Å². The van der Waals surface area contributed by atoms with Crippen molar-refractivity contribution in [3.63, 3.8) is 0 Å². The molecule has 0 spiro atoms. The molecule has 0 atom stereocenters. The summed E-state index contributed by atoms with van der Waals surface area (Å²) in [7, 11) is -3.39. The van der Waals surface area contributed by atoms with E-state index in [4.69, 9.17) is 0 Å². The molecule has 2 N–H and O–H groups in total. The third-order valence-electron chi connectivity index (χ3n) is 3.53. The zero-order valence-electron chi connectivity index (χ0n) is 10.5. The van der Waals surface area contributed by atoms with Crippen molar-refractivity contribution in [3.8, 4) is 5.75 Å². The molecule has 3 rings (SSSR count). The van der Waals surface area contributed by atoms with Crippen LogP contribution < -0.4 is 5.32 Å². The molecule has 6 heteroatoms. The number of hydrogen-bond acceptors (Lipinski definition) is 5. The lowest BCUT2D eigenvalue weighted by Gasteiger charge is -2.27. The normalized spacial score (nSPS) is 22.0. The van der Waals surface area contributed by atoms with Gasteiger partial charge in [0.1, 0.15) is 5.75 Å². The van der Waals surface area contributed by atoms with Gasteiger partial charge in [-0.15, -0.1) is 0 Å². The summed E-state index contributed by atoms with van der Waals surface area (Å²) in [6.07, 6.45) is 0. The topological polar surface area (TPSA) is 69.6 Å². The molecule has 0 aliphatic carbocycles. The van der Waals surface area contributed by atoms with Gasteiger partial charge >= 0.3 is 0 Å². The van der Waals surface area contributed by atoms with Gasteiger partial charge in [0.2, 0.25) is 9.84 Å². The molecule has 0 bridgehead atoms. The molecule has 19 heavy (non-hydrogen) atoms. The minimum Gasteiger partial charge on any atom is -0.507 e. The first-order valence-corrected chi connectivity index (χ1v) is 7.84. The van der Waals surface area contributed by atoms with Gasteiger partial charge in [-0.3, -0.25) is 4.90 Å². The van der Waals surface area contributed by atoms with Crippen molar-refractivity contribution in [2.45, 2.75) is 4.90 Å². The summed E-state index contributed by atoms with van der Waals surface area (Å²) in [5, 5.41) is 14.5. The Labute approximate surface area is 112 Å². The van der Waals surface area contributed by atoms with Crippen LogP contribution in [0.15, 0.2) is 28.5 Å². The minimum atomic E-state index is -3.39. The Balaban J connectivity index is 1.95. The van der Waals surface area contributed by atoms with Crippen LogP contribution >= 0.6 is 0 Å². The molecule has 0 aromatic heterocycles. The highest BCUT2D eigenvalue weighted by Crippen LogP contribution is 2.39. The van der Waals surface area contributed by atoms with Crippen molar-refractivity contribution in [3.05, 3.63) is 29.2 Å². The van der Waals surface area contributed by atoms with Crippen LogP contribution in [0.1, 0.15) is 5.56 Å². The summed E-state index contributed by atoms with van der Waals surface area (Å²) < 4.78 is 24.1. The summed E-state index contributed by atoms with van der Waals surface area (Å²) in [6.45, 7) is 4.16. The predicted octanol–water partition coefficient (Wildman–Crippen LogP) is 0.426. The van der Waals surface area contributed by atoms with Gasteiger partial charge < -0.3 is 10.4 Å². The smallest absolute Gasteiger partial charge is 0.200 e. The van der Waals surface area contributed by atoms with Gasteiger partial charge in [-0.25, -0.2) is 8.42 Å². The average molecular weight is 280 g/mol. The number of nitrogens with zero attached hydrogens (tertiary/aromatic N) is 1. The molecule has 102 valence electrons. The molecule has 1 saturated heterocycles. The monoisotopic (exact) mass is 280 g/mol. The van der Waals surface area contributed by atoms with Crippen LogP contribution in [0.5, 0.6) is 5.75 Å². The molecule has 0 saturated carbocycles. The standard InChI is InChI=1S/C13H16N2O3S/c16-11-2-1-3-12-13(11)10(9-19(12,17)18)8-15-6-4-14-5-7-15/h1-3,9,14,16H,4-8H2. The van der Waals surface area contributed by atoms with E-state index in [1.54, 1.807) is 12.1 Å². The molecule has 1 aromatic rings. The van der Waals surface area contributed by atoms with Gasteiger partial charge in [0.25, 0.3) is 0 Å². The fraction of sp³-hybridized carbons (Fsp3) is 0.385. The molecule has 0 unspecified atom stereocenters. The van der Waals surface area contributed by atoms with E-state index in [0.29, 0.717) is 17.7 Å². The Kier molecular flexibility index (Phi) is 3.08. The van der Waals surface area contributed by atoms with E-state index in [9.17, 15) is 13.5 Å². The third kappa shape index (κ3) is 2.27. The van der Waals surface area contributed by atoms with Crippen LogP contribution in [0, 0.1) is 0 Å². The molecular weight excluding hydrogens is 264 g/mol. The van der Waals surface area contributed by atoms with Crippen LogP contribution in [0.4, 0.5) is 0 Å². The maximum absolute atomic E-state index is 12.0. The zero-order chi connectivity index (χ0) is 13.5. The number of hydrogen-bond donors (Lipinski definition) is 2. The number of piperazine rings is 1. The highest BCUT2D eigenvalue weighted by molar-refractivity contribution is 7.95. The predicted molar refractivity (Wildman–Crippen MR) is 72.6 cm³/mol. The molecule has 2 aliphatic heterocycles. The summed E-state index contributed by atoms with van der Waals surface area (Å²) in [4.78, 5) is 2.41. The number of phenols is 1. The van der Waals surface area contributed by atoms with Gasteiger partial charge in [0.05, 0.1) is 4.90 Å². The van der Waals surface area contributed by atoms with E-state index >= 15 is 0 Å². The van der Waals surface area contributed by atoms with Crippen molar-refractivity contribution >= 4 is 15.4 Å². The SMILES string of the molecule is O=S1(=O)C=C(CN2CCNCC2)c2c(O)cccc21. The van der Waals surface area contributed by atoms with Crippen LogP contribution in [0.25, 0.3) is 5.57 Å². The first kappa shape index (κ1) is 12.7. The Morgan fingerprint density at radius 2 is 2.00 bits per heavy atom. The fourth-order valence-corrected chi connectivity index (χ4v) is 4.10. The largest absolute Gasteiger partial charge is 0.507 e. The van der Waals surface area contributed by atoms with Crippen molar-refractivity contribution in [1.29, 1.82) is 0 Å². The number of aromatic hydroxyl groups is 1. The number of phenolic OH excluding ortho intramolecular Hbond substituents is 1. The van der Waals surface area contributed by atoms with Crippen molar-refractivity contribution < 1.29 is 13.5 Å². The second-order valence-corrected chi connectivity index (χ2v) is 6.63. The second kappa shape index (κ2) is 4.63. The fourth-order valence-electron chi connectivity index (χ4n) is 2.62. The molecule has 5 nitrogen and oxygen atoms in total. The number of fused-ring (bicyclic) bond motifs is 1. The van der Waals surface area contributed by atoms with Gasteiger partial charge in [-0.1, -0.05) is 6.07 Å².